The molecule has 0 amide bonds. The number of rotatable bonds is 3. The maximum atomic E-state index is 10.4. The van der Waals surface area contributed by atoms with Crippen LogP contribution in [0.1, 0.15) is 17.8 Å². The second-order valence-corrected chi connectivity index (χ2v) is 3.40. The zero-order valence-corrected chi connectivity index (χ0v) is 8.32. The summed E-state index contributed by atoms with van der Waals surface area (Å²) in [6.45, 7) is 1.96. The maximum absolute atomic E-state index is 10.4. The van der Waals surface area contributed by atoms with Gasteiger partial charge in [-0.3, -0.25) is 4.79 Å². The average molecular weight is 205 g/mol. The molecule has 78 valence electrons. The number of fused-ring (bicyclic) bond motifs is 1. The van der Waals surface area contributed by atoms with Crippen molar-refractivity contribution in [3.63, 3.8) is 0 Å². The van der Waals surface area contributed by atoms with Crippen molar-refractivity contribution in [1.29, 1.82) is 0 Å². The van der Waals surface area contributed by atoms with Gasteiger partial charge in [0.15, 0.2) is 5.65 Å². The molecule has 5 nitrogen and oxygen atoms in total. The molecular weight excluding hydrogens is 194 g/mol. The van der Waals surface area contributed by atoms with Crippen LogP contribution in [0.3, 0.4) is 0 Å². The summed E-state index contributed by atoms with van der Waals surface area (Å²) in [4.78, 5) is 21.8. The van der Waals surface area contributed by atoms with Gasteiger partial charge in [-0.1, -0.05) is 0 Å². The van der Waals surface area contributed by atoms with Crippen LogP contribution in [-0.4, -0.2) is 26.0 Å². The monoisotopic (exact) mass is 205 g/mol. The number of aliphatic carboxylic acids is 1. The third kappa shape index (κ3) is 1.96. The first-order valence-corrected chi connectivity index (χ1v) is 4.69. The predicted molar refractivity (Wildman–Crippen MR) is 54.6 cm³/mol. The van der Waals surface area contributed by atoms with E-state index >= 15 is 0 Å². The van der Waals surface area contributed by atoms with Crippen molar-refractivity contribution in [2.75, 3.05) is 0 Å². The summed E-state index contributed by atoms with van der Waals surface area (Å²) >= 11 is 0. The van der Waals surface area contributed by atoms with Gasteiger partial charge in [-0.25, -0.2) is 9.97 Å². The Balaban J connectivity index is 2.31. The van der Waals surface area contributed by atoms with Crippen molar-refractivity contribution in [3.8, 4) is 0 Å². The molecule has 15 heavy (non-hydrogen) atoms. The normalized spacial score (nSPS) is 10.7. The van der Waals surface area contributed by atoms with Gasteiger partial charge in [0.05, 0.1) is 11.9 Å². The van der Waals surface area contributed by atoms with Crippen LogP contribution in [0.2, 0.25) is 0 Å². The van der Waals surface area contributed by atoms with Crippen LogP contribution in [0.4, 0.5) is 0 Å². The summed E-state index contributed by atoms with van der Waals surface area (Å²) in [6.07, 6.45) is 2.18. The van der Waals surface area contributed by atoms with E-state index in [1.54, 1.807) is 6.20 Å². The molecule has 2 rings (SSSR count). The number of nitrogens with zero attached hydrogens (tertiary/aromatic N) is 2. The Morgan fingerprint density at radius 2 is 2.40 bits per heavy atom. The Kier molecular flexibility index (Phi) is 2.37. The molecule has 2 N–H and O–H groups in total. The molecule has 0 bridgehead atoms. The van der Waals surface area contributed by atoms with E-state index < -0.39 is 5.97 Å². The Hall–Kier alpha value is -1.91. The summed E-state index contributed by atoms with van der Waals surface area (Å²) < 4.78 is 0. The Bertz CT molecular complexity index is 504. The Morgan fingerprint density at radius 3 is 3.07 bits per heavy atom. The van der Waals surface area contributed by atoms with E-state index in [1.165, 1.54) is 0 Å². The van der Waals surface area contributed by atoms with Crippen molar-refractivity contribution in [1.82, 2.24) is 15.0 Å². The van der Waals surface area contributed by atoms with Crippen molar-refractivity contribution < 1.29 is 9.90 Å². The SMILES string of the molecule is Cc1ccnc2nc(CCC(=O)O)[nH]c12. The van der Waals surface area contributed by atoms with E-state index in [9.17, 15) is 4.79 Å². The fourth-order valence-electron chi connectivity index (χ4n) is 1.43. The van der Waals surface area contributed by atoms with Crippen molar-refractivity contribution in [2.45, 2.75) is 19.8 Å². The van der Waals surface area contributed by atoms with Crippen molar-refractivity contribution >= 4 is 17.1 Å². The molecule has 0 fully saturated rings. The lowest BCUT2D eigenvalue weighted by Crippen LogP contribution is -1.98. The van der Waals surface area contributed by atoms with Crippen LogP contribution in [-0.2, 0) is 11.2 Å². The average Bonchev–Trinajstić information content (AvgIpc) is 2.59. The second-order valence-electron chi connectivity index (χ2n) is 3.40. The predicted octanol–water partition coefficient (Wildman–Crippen LogP) is 1.28. The molecule has 2 heterocycles. The number of imidazole rings is 1. The molecule has 0 aliphatic rings. The molecule has 0 aliphatic carbocycles. The minimum atomic E-state index is -0.819. The zero-order chi connectivity index (χ0) is 10.8. The number of H-pyrrole nitrogens is 1. The molecule has 0 aliphatic heterocycles. The molecule has 2 aromatic heterocycles. The molecule has 0 unspecified atom stereocenters. The lowest BCUT2D eigenvalue weighted by molar-refractivity contribution is -0.137. The summed E-state index contributed by atoms with van der Waals surface area (Å²) in [6, 6.07) is 1.89. The van der Waals surface area contributed by atoms with E-state index in [2.05, 4.69) is 15.0 Å². The minimum absolute atomic E-state index is 0.0822. The lowest BCUT2D eigenvalue weighted by Gasteiger charge is -1.91. The topological polar surface area (TPSA) is 78.9 Å². The van der Waals surface area contributed by atoms with Gasteiger partial charge in [0, 0.05) is 12.6 Å². The van der Waals surface area contributed by atoms with E-state index in [0.29, 0.717) is 17.9 Å². The van der Waals surface area contributed by atoms with Crippen LogP contribution < -0.4 is 0 Å². The van der Waals surface area contributed by atoms with Gasteiger partial charge < -0.3 is 10.1 Å². The number of aromatic nitrogens is 3. The molecule has 0 radical (unpaired) electrons. The van der Waals surface area contributed by atoms with Crippen LogP contribution in [0.5, 0.6) is 0 Å². The van der Waals surface area contributed by atoms with Crippen molar-refractivity contribution in [3.05, 3.63) is 23.7 Å². The molecule has 0 aromatic carbocycles. The summed E-state index contributed by atoms with van der Waals surface area (Å²) in [7, 11) is 0. The molecule has 5 heteroatoms. The number of hydrogen-bond donors (Lipinski definition) is 2. The third-order valence-corrected chi connectivity index (χ3v) is 2.23. The first-order chi connectivity index (χ1) is 7.16. The fourth-order valence-corrected chi connectivity index (χ4v) is 1.43. The number of hydrogen-bond acceptors (Lipinski definition) is 3. The second kappa shape index (κ2) is 3.68. The van der Waals surface area contributed by atoms with E-state index in [4.69, 9.17) is 5.11 Å². The van der Waals surface area contributed by atoms with Gasteiger partial charge in [-0.15, -0.1) is 0 Å². The third-order valence-electron chi connectivity index (χ3n) is 2.23. The highest BCUT2D eigenvalue weighted by Gasteiger charge is 2.07. The van der Waals surface area contributed by atoms with Crippen LogP contribution >= 0.6 is 0 Å². The summed E-state index contributed by atoms with van der Waals surface area (Å²) in [5.74, 6) is -0.144. The number of carbonyl (C=O) groups is 1. The maximum Gasteiger partial charge on any atom is 0.303 e. The molecule has 0 atom stereocenters. The van der Waals surface area contributed by atoms with Gasteiger partial charge in [0.25, 0.3) is 0 Å². The molecule has 0 spiro atoms. The van der Waals surface area contributed by atoms with Gasteiger partial charge in [-0.2, -0.15) is 0 Å². The smallest absolute Gasteiger partial charge is 0.303 e. The number of pyridine rings is 1. The highest BCUT2D eigenvalue weighted by atomic mass is 16.4. The number of carboxylic acid groups (broad SMARTS) is 1. The molecular formula is C10H11N3O2. The van der Waals surface area contributed by atoms with Crippen LogP contribution in [0.15, 0.2) is 12.3 Å². The van der Waals surface area contributed by atoms with Crippen molar-refractivity contribution in [2.24, 2.45) is 0 Å². The quantitative estimate of drug-likeness (QED) is 0.791. The van der Waals surface area contributed by atoms with Gasteiger partial charge in [0.1, 0.15) is 5.82 Å². The highest BCUT2D eigenvalue weighted by Crippen LogP contribution is 2.13. The van der Waals surface area contributed by atoms with Gasteiger partial charge in [-0.05, 0) is 18.6 Å². The largest absolute Gasteiger partial charge is 0.481 e. The van der Waals surface area contributed by atoms with E-state index in [0.717, 1.165) is 11.1 Å². The Labute approximate surface area is 86.2 Å². The minimum Gasteiger partial charge on any atom is -0.481 e. The zero-order valence-electron chi connectivity index (χ0n) is 8.32. The summed E-state index contributed by atoms with van der Waals surface area (Å²) in [5, 5.41) is 8.55. The fraction of sp³-hybridized carbons (Fsp3) is 0.300. The first kappa shape index (κ1) is 9.64. The number of aryl methyl sites for hydroxylation is 2. The molecule has 0 saturated heterocycles. The first-order valence-electron chi connectivity index (χ1n) is 4.69. The van der Waals surface area contributed by atoms with Crippen LogP contribution in [0.25, 0.3) is 11.2 Å². The number of carboxylic acids is 1. The van der Waals surface area contributed by atoms with Crippen LogP contribution in [0, 0.1) is 6.92 Å². The molecule has 2 aromatic rings. The van der Waals surface area contributed by atoms with E-state index in [1.807, 2.05) is 13.0 Å². The van der Waals surface area contributed by atoms with Gasteiger partial charge in [0.2, 0.25) is 0 Å². The van der Waals surface area contributed by atoms with E-state index in [-0.39, 0.29) is 6.42 Å². The molecule has 0 saturated carbocycles. The Morgan fingerprint density at radius 1 is 1.60 bits per heavy atom. The number of nitrogens with one attached hydrogen (secondary N) is 1. The summed E-state index contributed by atoms with van der Waals surface area (Å²) in [5.41, 5.74) is 2.60. The highest BCUT2D eigenvalue weighted by molar-refractivity contribution is 5.74. The number of aromatic amines is 1. The standard InChI is InChI=1S/C10H11N3O2/c1-6-4-5-11-10-9(6)12-7(13-10)2-3-8(14)15/h4-5H,2-3H2,1H3,(H,14,15)(H,11,12,13). The van der Waals surface area contributed by atoms with Gasteiger partial charge >= 0.3 is 5.97 Å². The lowest BCUT2D eigenvalue weighted by atomic mass is 10.3.